The van der Waals surface area contributed by atoms with Gasteiger partial charge in [0.25, 0.3) is 0 Å². The number of aromatic nitrogens is 2. The molecule has 0 N–H and O–H groups in total. The van der Waals surface area contributed by atoms with Crippen LogP contribution in [0.15, 0.2) is 42.7 Å². The van der Waals surface area contributed by atoms with Gasteiger partial charge in [-0.2, -0.15) is 10.4 Å². The van der Waals surface area contributed by atoms with Crippen molar-refractivity contribution in [3.63, 3.8) is 0 Å². The summed E-state index contributed by atoms with van der Waals surface area (Å²) in [6, 6.07) is 12.1. The van der Waals surface area contributed by atoms with Crippen LogP contribution in [0.3, 0.4) is 0 Å². The summed E-state index contributed by atoms with van der Waals surface area (Å²) in [6.07, 6.45) is 4.49. The van der Waals surface area contributed by atoms with Crippen molar-refractivity contribution in [3.05, 3.63) is 42.7 Å². The quantitative estimate of drug-likeness (QED) is 0.783. The Balaban J connectivity index is 2.30. The zero-order valence-corrected chi connectivity index (χ0v) is 9.17. The predicted octanol–water partition coefficient (Wildman–Crippen LogP) is 3.02. The fraction of sp³-hybridized carbons (Fsp3) is 0.231. The molecular weight excluding hydrogens is 198 g/mol. The van der Waals surface area contributed by atoms with Gasteiger partial charge in [0.15, 0.2) is 0 Å². The molecule has 0 fully saturated rings. The van der Waals surface area contributed by atoms with Gasteiger partial charge in [-0.25, -0.2) is 0 Å². The number of benzene rings is 1. The maximum absolute atomic E-state index is 8.95. The summed E-state index contributed by atoms with van der Waals surface area (Å²) in [5, 5.41) is 13.2. The number of rotatable bonds is 3. The molecular formula is C13H13N3. The van der Waals surface area contributed by atoms with Gasteiger partial charge < -0.3 is 0 Å². The highest BCUT2D eigenvalue weighted by atomic mass is 15.3. The largest absolute Gasteiger partial charge is 0.255 e. The molecule has 3 nitrogen and oxygen atoms in total. The summed E-state index contributed by atoms with van der Waals surface area (Å²) in [7, 11) is 0. The monoisotopic (exact) mass is 211 g/mol. The van der Waals surface area contributed by atoms with Crippen LogP contribution in [0, 0.1) is 11.3 Å². The summed E-state index contributed by atoms with van der Waals surface area (Å²) in [5.74, 6) is 0. The van der Waals surface area contributed by atoms with Crippen molar-refractivity contribution in [3.8, 4) is 17.2 Å². The minimum atomic E-state index is -0.169. The molecule has 1 aromatic heterocycles. The third-order valence-corrected chi connectivity index (χ3v) is 2.56. The molecule has 0 radical (unpaired) electrons. The Kier molecular flexibility index (Phi) is 3.02. The molecule has 1 atom stereocenters. The Morgan fingerprint density at radius 3 is 2.69 bits per heavy atom. The molecule has 0 aliphatic carbocycles. The predicted molar refractivity (Wildman–Crippen MR) is 62.6 cm³/mol. The molecule has 16 heavy (non-hydrogen) atoms. The van der Waals surface area contributed by atoms with Crippen LogP contribution < -0.4 is 0 Å². The fourth-order valence-corrected chi connectivity index (χ4v) is 1.63. The van der Waals surface area contributed by atoms with Gasteiger partial charge in [-0.15, -0.1) is 0 Å². The van der Waals surface area contributed by atoms with Crippen molar-refractivity contribution in [2.45, 2.75) is 19.4 Å². The smallest absolute Gasteiger partial charge is 0.138 e. The summed E-state index contributed by atoms with van der Waals surface area (Å²) >= 11 is 0. The van der Waals surface area contributed by atoms with Crippen molar-refractivity contribution in [2.24, 2.45) is 0 Å². The third-order valence-electron chi connectivity index (χ3n) is 2.56. The average Bonchev–Trinajstić information content (AvgIpc) is 2.81. The van der Waals surface area contributed by atoms with Gasteiger partial charge in [0, 0.05) is 11.8 Å². The molecule has 0 aliphatic rings. The van der Waals surface area contributed by atoms with Crippen molar-refractivity contribution in [1.29, 1.82) is 5.26 Å². The van der Waals surface area contributed by atoms with E-state index in [0.717, 1.165) is 17.5 Å². The summed E-state index contributed by atoms with van der Waals surface area (Å²) < 4.78 is 1.72. The lowest BCUT2D eigenvalue weighted by Gasteiger charge is -2.04. The maximum Gasteiger partial charge on any atom is 0.138 e. The molecule has 0 bridgehead atoms. The Morgan fingerprint density at radius 1 is 1.31 bits per heavy atom. The molecule has 2 aromatic rings. The van der Waals surface area contributed by atoms with Gasteiger partial charge in [-0.1, -0.05) is 37.3 Å². The van der Waals surface area contributed by atoms with Crippen LogP contribution in [0.2, 0.25) is 0 Å². The van der Waals surface area contributed by atoms with Crippen LogP contribution in [0.1, 0.15) is 19.4 Å². The van der Waals surface area contributed by atoms with E-state index in [4.69, 9.17) is 5.26 Å². The molecule has 0 spiro atoms. The fourth-order valence-electron chi connectivity index (χ4n) is 1.63. The average molecular weight is 211 g/mol. The highest BCUT2D eigenvalue weighted by Crippen LogP contribution is 2.20. The molecule has 1 unspecified atom stereocenters. The summed E-state index contributed by atoms with van der Waals surface area (Å²) in [5.41, 5.74) is 2.18. The van der Waals surface area contributed by atoms with Crippen molar-refractivity contribution in [1.82, 2.24) is 9.78 Å². The zero-order chi connectivity index (χ0) is 11.4. The minimum Gasteiger partial charge on any atom is -0.255 e. The topological polar surface area (TPSA) is 41.6 Å². The highest BCUT2D eigenvalue weighted by Gasteiger charge is 2.08. The highest BCUT2D eigenvalue weighted by molar-refractivity contribution is 5.61. The number of hydrogen-bond donors (Lipinski definition) is 0. The molecule has 0 amide bonds. The van der Waals surface area contributed by atoms with Crippen LogP contribution in [0.5, 0.6) is 0 Å². The van der Waals surface area contributed by atoms with E-state index in [9.17, 15) is 0 Å². The van der Waals surface area contributed by atoms with E-state index in [2.05, 4.69) is 11.2 Å². The first kappa shape index (κ1) is 10.4. The first-order valence-electron chi connectivity index (χ1n) is 5.34. The molecule has 0 aliphatic heterocycles. The SMILES string of the molecule is CCC(C#N)n1cc(-c2ccccc2)cn1. The molecule has 0 saturated carbocycles. The Hall–Kier alpha value is -2.08. The van der Waals surface area contributed by atoms with Crippen molar-refractivity contribution < 1.29 is 0 Å². The number of nitrogens with zero attached hydrogens (tertiary/aromatic N) is 3. The maximum atomic E-state index is 8.95. The molecule has 1 aromatic carbocycles. The molecule has 80 valence electrons. The van der Waals surface area contributed by atoms with E-state index in [1.54, 1.807) is 10.9 Å². The van der Waals surface area contributed by atoms with Crippen LogP contribution in [-0.2, 0) is 0 Å². The lowest BCUT2D eigenvalue weighted by Crippen LogP contribution is -2.05. The van der Waals surface area contributed by atoms with E-state index in [-0.39, 0.29) is 6.04 Å². The van der Waals surface area contributed by atoms with Crippen molar-refractivity contribution in [2.75, 3.05) is 0 Å². The Bertz CT molecular complexity index is 493. The van der Waals surface area contributed by atoms with E-state index in [1.807, 2.05) is 43.5 Å². The van der Waals surface area contributed by atoms with E-state index < -0.39 is 0 Å². The molecule has 2 rings (SSSR count). The first-order chi connectivity index (χ1) is 7.85. The van der Waals surface area contributed by atoms with Crippen LogP contribution in [0.25, 0.3) is 11.1 Å². The Morgan fingerprint density at radius 2 is 2.06 bits per heavy atom. The standard InChI is InChI=1S/C13H13N3/c1-2-13(8-14)16-10-12(9-15-16)11-6-4-3-5-7-11/h3-7,9-10,13H,2H2,1H3. The second-order valence-corrected chi connectivity index (χ2v) is 3.63. The number of hydrogen-bond acceptors (Lipinski definition) is 2. The summed E-state index contributed by atoms with van der Waals surface area (Å²) in [6.45, 7) is 1.98. The Labute approximate surface area is 94.9 Å². The van der Waals surface area contributed by atoms with Crippen LogP contribution in [-0.4, -0.2) is 9.78 Å². The van der Waals surface area contributed by atoms with Crippen LogP contribution in [0.4, 0.5) is 0 Å². The lowest BCUT2D eigenvalue weighted by molar-refractivity contribution is 0.534. The minimum absolute atomic E-state index is 0.169. The second-order valence-electron chi connectivity index (χ2n) is 3.63. The lowest BCUT2D eigenvalue weighted by atomic mass is 10.1. The van der Waals surface area contributed by atoms with Gasteiger partial charge in [0.2, 0.25) is 0 Å². The zero-order valence-electron chi connectivity index (χ0n) is 9.17. The van der Waals surface area contributed by atoms with Gasteiger partial charge in [-0.3, -0.25) is 4.68 Å². The van der Waals surface area contributed by atoms with E-state index in [1.165, 1.54) is 0 Å². The van der Waals surface area contributed by atoms with Crippen LogP contribution >= 0.6 is 0 Å². The normalized spacial score (nSPS) is 12.0. The molecule has 3 heteroatoms. The van der Waals surface area contributed by atoms with E-state index in [0.29, 0.717) is 0 Å². The van der Waals surface area contributed by atoms with Gasteiger partial charge in [0.1, 0.15) is 6.04 Å². The van der Waals surface area contributed by atoms with Gasteiger partial charge in [0.05, 0.1) is 12.3 Å². The second kappa shape index (κ2) is 4.63. The molecule has 1 heterocycles. The number of nitriles is 1. The van der Waals surface area contributed by atoms with Gasteiger partial charge >= 0.3 is 0 Å². The van der Waals surface area contributed by atoms with Crippen molar-refractivity contribution >= 4 is 0 Å². The van der Waals surface area contributed by atoms with E-state index >= 15 is 0 Å². The van der Waals surface area contributed by atoms with Gasteiger partial charge in [-0.05, 0) is 12.0 Å². The molecule has 0 saturated heterocycles. The first-order valence-corrected chi connectivity index (χ1v) is 5.34. The summed E-state index contributed by atoms with van der Waals surface area (Å²) in [4.78, 5) is 0. The third kappa shape index (κ3) is 1.96.